The third-order valence-corrected chi connectivity index (χ3v) is 1.66. The maximum absolute atomic E-state index is 10.5. The molecule has 0 aliphatic carbocycles. The van der Waals surface area contributed by atoms with Crippen LogP contribution in [0.2, 0.25) is 0 Å². The van der Waals surface area contributed by atoms with Crippen molar-refractivity contribution < 1.29 is 23.8 Å². The zero-order chi connectivity index (χ0) is 14.0. The summed E-state index contributed by atoms with van der Waals surface area (Å²) in [5, 5.41) is 0. The number of esters is 2. The van der Waals surface area contributed by atoms with Crippen molar-refractivity contribution in [2.75, 3.05) is 19.8 Å². The van der Waals surface area contributed by atoms with Crippen molar-refractivity contribution in [2.24, 2.45) is 0 Å². The normalized spacial score (nSPS) is 15.5. The maximum Gasteiger partial charge on any atom is 0.333 e. The fourth-order valence-corrected chi connectivity index (χ4v) is 0.656. The lowest BCUT2D eigenvalue weighted by molar-refractivity contribution is -0.138. The van der Waals surface area contributed by atoms with E-state index in [1.807, 2.05) is 0 Å². The Kier molecular flexibility index (Phi) is 8.22. The highest BCUT2D eigenvalue weighted by molar-refractivity contribution is 5.86. The quantitative estimate of drug-likeness (QED) is 0.310. The number of hydrogen-bond acceptors (Lipinski definition) is 5. The molecule has 1 aliphatic heterocycles. The first-order chi connectivity index (χ1) is 8.51. The second-order valence-electron chi connectivity index (χ2n) is 3.46. The molecule has 0 aromatic carbocycles. The molecular weight excluding hydrogens is 236 g/mol. The second-order valence-corrected chi connectivity index (χ2v) is 3.46. The van der Waals surface area contributed by atoms with E-state index in [9.17, 15) is 9.59 Å². The summed E-state index contributed by atoms with van der Waals surface area (Å²) in [6.07, 6.45) is 2.80. The second kappa shape index (κ2) is 9.18. The Balaban J connectivity index is 0.000000321. The largest absolute Gasteiger partial charge is 0.460 e. The Morgan fingerprint density at radius 2 is 2.00 bits per heavy atom. The highest BCUT2D eigenvalue weighted by Gasteiger charge is 2.23. The van der Waals surface area contributed by atoms with Crippen LogP contribution >= 0.6 is 0 Å². The van der Waals surface area contributed by atoms with Gasteiger partial charge in [0, 0.05) is 11.6 Å². The zero-order valence-electron chi connectivity index (χ0n) is 10.5. The van der Waals surface area contributed by atoms with E-state index in [4.69, 9.17) is 4.74 Å². The van der Waals surface area contributed by atoms with E-state index in [0.29, 0.717) is 18.8 Å². The van der Waals surface area contributed by atoms with Gasteiger partial charge < -0.3 is 14.2 Å². The van der Waals surface area contributed by atoms with E-state index < -0.39 is 0 Å². The van der Waals surface area contributed by atoms with Crippen LogP contribution in [0, 0.1) is 0 Å². The highest BCUT2D eigenvalue weighted by Crippen LogP contribution is 2.08. The van der Waals surface area contributed by atoms with Gasteiger partial charge in [-0.2, -0.15) is 0 Å². The van der Waals surface area contributed by atoms with Gasteiger partial charge in [-0.05, 0) is 6.92 Å². The SMILES string of the molecule is C=CC(=O)OCC1CO1.C=CCOC(=O)C(=C)C. The first-order valence-electron chi connectivity index (χ1n) is 5.35. The molecule has 0 N–H and O–H groups in total. The van der Waals surface area contributed by atoms with Crippen LogP contribution in [0.1, 0.15) is 6.92 Å². The number of carbonyl (C=O) groups is 2. The van der Waals surface area contributed by atoms with Crippen molar-refractivity contribution in [3.63, 3.8) is 0 Å². The third kappa shape index (κ3) is 9.35. The minimum atomic E-state index is -0.384. The van der Waals surface area contributed by atoms with Crippen molar-refractivity contribution >= 4 is 11.9 Å². The number of ether oxygens (including phenoxy) is 3. The smallest absolute Gasteiger partial charge is 0.333 e. The summed E-state index contributed by atoms with van der Waals surface area (Å²) in [4.78, 5) is 20.9. The van der Waals surface area contributed by atoms with Crippen LogP contribution in [0.25, 0.3) is 0 Å². The third-order valence-electron chi connectivity index (χ3n) is 1.66. The van der Waals surface area contributed by atoms with Gasteiger partial charge in [-0.3, -0.25) is 0 Å². The van der Waals surface area contributed by atoms with Crippen molar-refractivity contribution in [3.05, 3.63) is 37.5 Å². The van der Waals surface area contributed by atoms with Gasteiger partial charge in [0.05, 0.1) is 6.61 Å². The molecule has 0 saturated carbocycles. The lowest BCUT2D eigenvalue weighted by Gasteiger charge is -1.97. The standard InChI is InChI=1S/C7H10O2.C6H8O3/c1-4-5-9-7(8)6(2)3;1-2-6(7)9-4-5-3-8-5/h4H,1-2,5H2,3H3;2,5H,1,3-4H2. The van der Waals surface area contributed by atoms with Gasteiger partial charge in [0.1, 0.15) is 19.3 Å². The van der Waals surface area contributed by atoms with E-state index in [2.05, 4.69) is 29.2 Å². The molecule has 5 heteroatoms. The predicted molar refractivity (Wildman–Crippen MR) is 66.9 cm³/mol. The zero-order valence-corrected chi connectivity index (χ0v) is 10.5. The fourth-order valence-electron chi connectivity index (χ4n) is 0.656. The Bertz CT molecular complexity index is 328. The summed E-state index contributed by atoms with van der Waals surface area (Å²) in [6, 6.07) is 0. The van der Waals surface area contributed by atoms with Crippen molar-refractivity contribution in [1.29, 1.82) is 0 Å². The Labute approximate surface area is 107 Å². The molecule has 18 heavy (non-hydrogen) atoms. The van der Waals surface area contributed by atoms with Crippen LogP contribution in [0.15, 0.2) is 37.5 Å². The van der Waals surface area contributed by atoms with Crippen molar-refractivity contribution in [2.45, 2.75) is 13.0 Å². The molecule has 1 fully saturated rings. The molecule has 0 amide bonds. The molecule has 1 unspecified atom stereocenters. The molecule has 1 aliphatic rings. The van der Waals surface area contributed by atoms with Crippen LogP contribution in [0.5, 0.6) is 0 Å². The minimum Gasteiger partial charge on any atom is -0.460 e. The Morgan fingerprint density at radius 3 is 2.39 bits per heavy atom. The summed E-state index contributed by atoms with van der Waals surface area (Å²) in [5.41, 5.74) is 0.414. The van der Waals surface area contributed by atoms with E-state index in [0.717, 1.165) is 6.08 Å². The van der Waals surface area contributed by atoms with Crippen LogP contribution in [-0.4, -0.2) is 37.9 Å². The summed E-state index contributed by atoms with van der Waals surface area (Å²) in [6.45, 7) is 13.0. The van der Waals surface area contributed by atoms with Crippen LogP contribution in [0.4, 0.5) is 0 Å². The van der Waals surface area contributed by atoms with Crippen molar-refractivity contribution in [1.82, 2.24) is 0 Å². The molecule has 100 valence electrons. The number of carbonyl (C=O) groups excluding carboxylic acids is 2. The Hall–Kier alpha value is -1.88. The van der Waals surface area contributed by atoms with Gasteiger partial charge in [0.2, 0.25) is 0 Å². The summed E-state index contributed by atoms with van der Waals surface area (Å²) in [5.74, 6) is -0.750. The fraction of sp³-hybridized carbons (Fsp3) is 0.385. The van der Waals surface area contributed by atoms with E-state index >= 15 is 0 Å². The van der Waals surface area contributed by atoms with Gasteiger partial charge in [-0.1, -0.05) is 25.8 Å². The Morgan fingerprint density at radius 1 is 1.39 bits per heavy atom. The molecular formula is C13H18O5. The minimum absolute atomic E-state index is 0.147. The first-order valence-corrected chi connectivity index (χ1v) is 5.35. The lowest BCUT2D eigenvalue weighted by atomic mass is 10.4. The summed E-state index contributed by atoms with van der Waals surface area (Å²) in [7, 11) is 0. The molecule has 1 rings (SSSR count). The topological polar surface area (TPSA) is 65.1 Å². The van der Waals surface area contributed by atoms with Gasteiger partial charge in [-0.15, -0.1) is 0 Å². The molecule has 5 nitrogen and oxygen atoms in total. The number of epoxide rings is 1. The number of hydrogen-bond donors (Lipinski definition) is 0. The maximum atomic E-state index is 10.5. The van der Waals surface area contributed by atoms with Gasteiger partial charge >= 0.3 is 11.9 Å². The van der Waals surface area contributed by atoms with E-state index in [-0.39, 0.29) is 24.6 Å². The molecule has 1 atom stereocenters. The van der Waals surface area contributed by atoms with Crippen molar-refractivity contribution in [3.8, 4) is 0 Å². The van der Waals surface area contributed by atoms with Crippen LogP contribution in [-0.2, 0) is 23.8 Å². The van der Waals surface area contributed by atoms with Crippen LogP contribution < -0.4 is 0 Å². The monoisotopic (exact) mass is 254 g/mol. The lowest BCUT2D eigenvalue weighted by Crippen LogP contribution is -2.06. The molecule has 1 heterocycles. The van der Waals surface area contributed by atoms with Gasteiger partial charge in [0.15, 0.2) is 0 Å². The molecule has 0 radical (unpaired) electrons. The van der Waals surface area contributed by atoms with Gasteiger partial charge in [0.25, 0.3) is 0 Å². The predicted octanol–water partition coefficient (Wildman–Crippen LogP) is 1.41. The highest BCUT2D eigenvalue weighted by atomic mass is 16.6. The molecule has 0 aromatic rings. The molecule has 1 saturated heterocycles. The summed E-state index contributed by atoms with van der Waals surface area (Å²) < 4.78 is 14.0. The average molecular weight is 254 g/mol. The number of rotatable bonds is 6. The van der Waals surface area contributed by atoms with Crippen LogP contribution in [0.3, 0.4) is 0 Å². The van der Waals surface area contributed by atoms with Gasteiger partial charge in [-0.25, -0.2) is 9.59 Å². The summed E-state index contributed by atoms with van der Waals surface area (Å²) >= 11 is 0. The molecule has 0 spiro atoms. The van der Waals surface area contributed by atoms with E-state index in [1.54, 1.807) is 6.92 Å². The molecule has 0 bridgehead atoms. The van der Waals surface area contributed by atoms with E-state index in [1.165, 1.54) is 6.08 Å². The average Bonchev–Trinajstić information content (AvgIpc) is 3.17. The first kappa shape index (κ1) is 16.1. The molecule has 0 aromatic heterocycles.